The molecule has 6 N–H and O–H groups in total. The molecule has 0 radical (unpaired) electrons. The third-order valence-electron chi connectivity index (χ3n) is 3.62. The zero-order chi connectivity index (χ0) is 18.2. The molecule has 0 atom stereocenters. The quantitative estimate of drug-likeness (QED) is 0.450. The summed E-state index contributed by atoms with van der Waals surface area (Å²) >= 11 is 0. The Bertz CT molecular complexity index is 846. The number of likely N-dealkylation sites (N-methyl/N-ethyl adjacent to an activating group) is 1. The highest BCUT2D eigenvalue weighted by Gasteiger charge is 2.07. The zero-order valence-electron chi connectivity index (χ0n) is 14.5. The van der Waals surface area contributed by atoms with Gasteiger partial charge < -0.3 is 22.2 Å². The van der Waals surface area contributed by atoms with E-state index < -0.39 is 0 Å². The summed E-state index contributed by atoms with van der Waals surface area (Å²) < 4.78 is 0. The van der Waals surface area contributed by atoms with Crippen LogP contribution in [0.3, 0.4) is 0 Å². The number of pyridine rings is 2. The predicted octanol–water partition coefficient (Wildman–Crippen LogP) is 1.56. The number of allylic oxidation sites excluding steroid dienone is 3. The second-order valence-electron chi connectivity index (χ2n) is 5.46. The van der Waals surface area contributed by atoms with E-state index in [0.29, 0.717) is 29.0 Å². The van der Waals surface area contributed by atoms with E-state index in [0.717, 1.165) is 23.2 Å². The van der Waals surface area contributed by atoms with Crippen molar-refractivity contribution in [2.24, 2.45) is 16.5 Å². The first-order chi connectivity index (χ1) is 12.1. The van der Waals surface area contributed by atoms with Gasteiger partial charge in [0.1, 0.15) is 0 Å². The molecule has 0 amide bonds. The van der Waals surface area contributed by atoms with E-state index in [1.54, 1.807) is 19.3 Å². The fourth-order valence-corrected chi connectivity index (χ4v) is 2.26. The molecule has 0 aliphatic carbocycles. The number of hydrogen-bond donors (Lipinski definition) is 4. The summed E-state index contributed by atoms with van der Waals surface area (Å²) in [5.41, 5.74) is 16.4. The molecule has 2 aromatic rings. The van der Waals surface area contributed by atoms with Gasteiger partial charge in [-0.2, -0.15) is 0 Å². The van der Waals surface area contributed by atoms with Gasteiger partial charge in [0.05, 0.1) is 23.3 Å². The van der Waals surface area contributed by atoms with Gasteiger partial charge in [-0.15, -0.1) is 0 Å². The Morgan fingerprint density at radius 2 is 2.16 bits per heavy atom. The third kappa shape index (κ3) is 4.48. The molecule has 7 nitrogen and oxygen atoms in total. The first-order valence-corrected chi connectivity index (χ1v) is 7.91. The second-order valence-corrected chi connectivity index (χ2v) is 5.46. The fourth-order valence-electron chi connectivity index (χ4n) is 2.26. The molecule has 0 unspecified atom stereocenters. The summed E-state index contributed by atoms with van der Waals surface area (Å²) in [7, 11) is 1.88. The van der Waals surface area contributed by atoms with Crippen LogP contribution in [0.5, 0.6) is 0 Å². The van der Waals surface area contributed by atoms with Crippen LogP contribution >= 0.6 is 0 Å². The van der Waals surface area contributed by atoms with E-state index in [4.69, 9.17) is 16.9 Å². The number of nitrogens with zero attached hydrogens (tertiary/aromatic N) is 3. The van der Waals surface area contributed by atoms with E-state index in [2.05, 4.69) is 20.3 Å². The number of rotatable bonds is 7. The summed E-state index contributed by atoms with van der Waals surface area (Å²) in [4.78, 5) is 13.3. The van der Waals surface area contributed by atoms with Gasteiger partial charge >= 0.3 is 0 Å². The van der Waals surface area contributed by atoms with Gasteiger partial charge in [0.25, 0.3) is 0 Å². The van der Waals surface area contributed by atoms with Crippen molar-refractivity contribution < 1.29 is 0 Å². The van der Waals surface area contributed by atoms with Gasteiger partial charge in [-0.3, -0.25) is 9.98 Å². The maximum Gasteiger partial charge on any atom is 0.0900 e. The fraction of sp³-hybridized carbons (Fsp3) is 0.222. The molecule has 0 spiro atoms. The van der Waals surface area contributed by atoms with E-state index in [1.807, 2.05) is 25.2 Å². The molecule has 2 heterocycles. The maximum absolute atomic E-state index is 7.52. The normalized spacial score (nSPS) is 13.3. The SMILES string of the molecule is CNCCN=CC(=CN)c1cnc2ccc(C(C=N)=C(C)N)nc2c1. The van der Waals surface area contributed by atoms with Crippen molar-refractivity contribution in [2.75, 3.05) is 20.1 Å². The average molecular weight is 337 g/mol. The van der Waals surface area contributed by atoms with Gasteiger partial charge in [0, 0.05) is 53.8 Å². The number of aromatic nitrogens is 2. The summed E-state index contributed by atoms with van der Waals surface area (Å²) in [5.74, 6) is 0. The number of hydrogen-bond acceptors (Lipinski definition) is 7. The van der Waals surface area contributed by atoms with Crippen LogP contribution in [-0.2, 0) is 0 Å². The molecule has 0 aliphatic heterocycles. The number of fused-ring (bicyclic) bond motifs is 1. The standard InChI is InChI=1S/C18H23N7/c1-12(21)15(9-20)16-3-4-17-18(25-16)7-13(11-24-17)14(8-19)10-23-6-5-22-2/h3-4,7-11,20,22H,5-6,19,21H2,1-2H3. The van der Waals surface area contributed by atoms with Crippen molar-refractivity contribution in [3.63, 3.8) is 0 Å². The lowest BCUT2D eigenvalue weighted by Gasteiger charge is -2.07. The van der Waals surface area contributed by atoms with Crippen molar-refractivity contribution >= 4 is 34.6 Å². The van der Waals surface area contributed by atoms with E-state index in [1.165, 1.54) is 12.4 Å². The molecule has 7 heteroatoms. The molecule has 130 valence electrons. The summed E-state index contributed by atoms with van der Waals surface area (Å²) in [6.07, 6.45) is 6.19. The topological polar surface area (TPSA) is 126 Å². The molecule has 2 aromatic heterocycles. The Labute approximate surface area is 147 Å². The summed E-state index contributed by atoms with van der Waals surface area (Å²) in [6, 6.07) is 5.58. The van der Waals surface area contributed by atoms with Crippen LogP contribution in [0, 0.1) is 5.41 Å². The summed E-state index contributed by atoms with van der Waals surface area (Å²) in [6.45, 7) is 3.21. The highest BCUT2D eigenvalue weighted by Crippen LogP contribution is 2.20. The van der Waals surface area contributed by atoms with Crippen molar-refractivity contribution in [1.29, 1.82) is 5.41 Å². The Morgan fingerprint density at radius 1 is 1.36 bits per heavy atom. The smallest absolute Gasteiger partial charge is 0.0900 e. The second kappa shape index (κ2) is 8.70. The Morgan fingerprint density at radius 3 is 2.80 bits per heavy atom. The first-order valence-electron chi connectivity index (χ1n) is 7.91. The van der Waals surface area contributed by atoms with E-state index in [9.17, 15) is 0 Å². The monoisotopic (exact) mass is 337 g/mol. The average Bonchev–Trinajstić information content (AvgIpc) is 2.61. The van der Waals surface area contributed by atoms with Crippen molar-refractivity contribution in [3.05, 3.63) is 47.6 Å². The van der Waals surface area contributed by atoms with E-state index in [-0.39, 0.29) is 0 Å². The number of aliphatic imine (C=N–C) groups is 1. The van der Waals surface area contributed by atoms with Crippen LogP contribution in [-0.4, -0.2) is 42.5 Å². The molecule has 2 rings (SSSR count). The van der Waals surface area contributed by atoms with Crippen LogP contribution in [0.4, 0.5) is 0 Å². The molecule has 0 saturated heterocycles. The minimum atomic E-state index is 0.546. The van der Waals surface area contributed by atoms with Crippen LogP contribution in [0.15, 0.2) is 41.3 Å². The summed E-state index contributed by atoms with van der Waals surface area (Å²) in [5, 5.41) is 10.6. The molecule has 0 aromatic carbocycles. The number of nitrogens with one attached hydrogen (secondary N) is 2. The minimum absolute atomic E-state index is 0.546. The lowest BCUT2D eigenvalue weighted by molar-refractivity contribution is 0.804. The van der Waals surface area contributed by atoms with Crippen LogP contribution < -0.4 is 16.8 Å². The van der Waals surface area contributed by atoms with Gasteiger partial charge in [0.15, 0.2) is 0 Å². The Balaban J connectivity index is 2.42. The van der Waals surface area contributed by atoms with E-state index >= 15 is 0 Å². The Kier molecular flexibility index (Phi) is 6.36. The van der Waals surface area contributed by atoms with Crippen LogP contribution in [0.2, 0.25) is 0 Å². The van der Waals surface area contributed by atoms with Gasteiger partial charge in [0.2, 0.25) is 0 Å². The number of nitrogens with two attached hydrogens (primary N) is 2. The maximum atomic E-state index is 7.52. The largest absolute Gasteiger partial charge is 0.404 e. The Hall–Kier alpha value is -3.06. The molecule has 0 bridgehead atoms. The first kappa shape index (κ1) is 18.3. The molecular weight excluding hydrogens is 314 g/mol. The van der Waals surface area contributed by atoms with Crippen molar-refractivity contribution in [1.82, 2.24) is 15.3 Å². The molecule has 0 saturated carbocycles. The van der Waals surface area contributed by atoms with Gasteiger partial charge in [-0.25, -0.2) is 4.98 Å². The predicted molar refractivity (Wildman–Crippen MR) is 105 cm³/mol. The molecule has 25 heavy (non-hydrogen) atoms. The highest BCUT2D eigenvalue weighted by atomic mass is 14.9. The highest BCUT2D eigenvalue weighted by molar-refractivity contribution is 6.11. The van der Waals surface area contributed by atoms with Gasteiger partial charge in [-0.1, -0.05) is 0 Å². The zero-order valence-corrected chi connectivity index (χ0v) is 14.5. The lowest BCUT2D eigenvalue weighted by Crippen LogP contribution is -2.10. The molecule has 0 fully saturated rings. The van der Waals surface area contributed by atoms with Crippen LogP contribution in [0.1, 0.15) is 18.2 Å². The van der Waals surface area contributed by atoms with Crippen molar-refractivity contribution in [2.45, 2.75) is 6.92 Å². The van der Waals surface area contributed by atoms with Gasteiger partial charge in [-0.05, 0) is 32.2 Å². The molecule has 0 aliphatic rings. The van der Waals surface area contributed by atoms with Crippen LogP contribution in [0.25, 0.3) is 22.2 Å². The molecular formula is C18H23N7. The van der Waals surface area contributed by atoms with Crippen molar-refractivity contribution in [3.8, 4) is 0 Å². The lowest BCUT2D eigenvalue weighted by atomic mass is 10.1. The minimum Gasteiger partial charge on any atom is -0.404 e. The third-order valence-corrected chi connectivity index (χ3v) is 3.62.